The van der Waals surface area contributed by atoms with E-state index in [1.807, 2.05) is 17.7 Å². The number of oxazole rings is 1. The lowest BCUT2D eigenvalue weighted by molar-refractivity contribution is 0.0937. The molecular weight excluding hydrogens is 365 g/mol. The molecule has 2 heterocycles. The summed E-state index contributed by atoms with van der Waals surface area (Å²) in [5, 5.41) is 5.77. The normalized spacial score (nSPS) is 11.2. The van der Waals surface area contributed by atoms with Gasteiger partial charge in [0.2, 0.25) is 5.95 Å². The van der Waals surface area contributed by atoms with Crippen molar-refractivity contribution in [2.75, 3.05) is 25.6 Å². The SMILES string of the molecule is COCCNC(=O)c1ccc2c(c1)nc(Nc1nc3cc(F)ccc3o1)n2C. The number of benzene rings is 2. The molecule has 4 aromatic rings. The number of nitrogens with one attached hydrogen (secondary N) is 2. The van der Waals surface area contributed by atoms with Gasteiger partial charge < -0.3 is 19.0 Å². The molecule has 0 fully saturated rings. The maximum absolute atomic E-state index is 13.3. The zero-order valence-electron chi connectivity index (χ0n) is 15.3. The minimum atomic E-state index is -0.383. The van der Waals surface area contributed by atoms with Gasteiger partial charge in [-0.1, -0.05) is 0 Å². The summed E-state index contributed by atoms with van der Waals surface area (Å²) in [6, 6.07) is 9.60. The first-order chi connectivity index (χ1) is 13.5. The number of aromatic nitrogens is 3. The Labute approximate surface area is 159 Å². The maximum Gasteiger partial charge on any atom is 0.302 e. The van der Waals surface area contributed by atoms with Crippen LogP contribution in [-0.2, 0) is 11.8 Å². The van der Waals surface area contributed by atoms with Crippen molar-refractivity contribution in [2.24, 2.45) is 7.05 Å². The number of halogens is 1. The fourth-order valence-corrected chi connectivity index (χ4v) is 2.87. The number of hydrogen-bond donors (Lipinski definition) is 2. The van der Waals surface area contributed by atoms with Gasteiger partial charge in [-0.05, 0) is 30.3 Å². The van der Waals surface area contributed by atoms with Gasteiger partial charge in [0.05, 0.1) is 17.6 Å². The highest BCUT2D eigenvalue weighted by Gasteiger charge is 2.14. The van der Waals surface area contributed by atoms with Gasteiger partial charge in [0.25, 0.3) is 5.91 Å². The molecule has 2 N–H and O–H groups in total. The molecule has 28 heavy (non-hydrogen) atoms. The summed E-state index contributed by atoms with van der Waals surface area (Å²) in [6.45, 7) is 0.876. The van der Waals surface area contributed by atoms with Crippen molar-refractivity contribution in [3.63, 3.8) is 0 Å². The van der Waals surface area contributed by atoms with Gasteiger partial charge in [-0.25, -0.2) is 9.37 Å². The highest BCUT2D eigenvalue weighted by atomic mass is 19.1. The van der Waals surface area contributed by atoms with Gasteiger partial charge >= 0.3 is 6.01 Å². The van der Waals surface area contributed by atoms with Crippen LogP contribution in [0.4, 0.5) is 16.4 Å². The van der Waals surface area contributed by atoms with Gasteiger partial charge in [-0.15, -0.1) is 0 Å². The van der Waals surface area contributed by atoms with Gasteiger partial charge in [0, 0.05) is 32.3 Å². The van der Waals surface area contributed by atoms with Crippen molar-refractivity contribution in [2.45, 2.75) is 0 Å². The van der Waals surface area contributed by atoms with Crippen LogP contribution in [0.3, 0.4) is 0 Å². The molecule has 144 valence electrons. The van der Waals surface area contributed by atoms with Crippen molar-refractivity contribution in [1.29, 1.82) is 0 Å². The van der Waals surface area contributed by atoms with Crippen molar-refractivity contribution in [3.8, 4) is 0 Å². The molecule has 0 unspecified atom stereocenters. The molecule has 0 radical (unpaired) electrons. The van der Waals surface area contributed by atoms with Gasteiger partial charge in [-0.3, -0.25) is 10.1 Å². The van der Waals surface area contributed by atoms with E-state index in [4.69, 9.17) is 9.15 Å². The van der Waals surface area contributed by atoms with E-state index >= 15 is 0 Å². The third kappa shape index (κ3) is 3.39. The second kappa shape index (κ2) is 7.28. The third-order valence-electron chi connectivity index (χ3n) is 4.30. The standard InChI is InChI=1S/C19H18FN5O3/c1-25-15-5-3-11(17(26)21-7-8-27-2)9-13(15)22-18(25)24-19-23-14-10-12(20)4-6-16(14)28-19/h3-6,9-10H,7-8H2,1-2H3,(H,21,26)(H,22,23,24). The van der Waals surface area contributed by atoms with Crippen LogP contribution in [0.15, 0.2) is 40.8 Å². The number of hydrogen-bond acceptors (Lipinski definition) is 6. The molecule has 0 aliphatic rings. The molecule has 0 saturated carbocycles. The second-order valence-electron chi connectivity index (χ2n) is 6.20. The Hall–Kier alpha value is -3.46. The lowest BCUT2D eigenvalue weighted by atomic mass is 10.2. The quantitative estimate of drug-likeness (QED) is 0.497. The number of carbonyl (C=O) groups excluding carboxylic acids is 1. The Morgan fingerprint density at radius 2 is 2.07 bits per heavy atom. The number of carbonyl (C=O) groups is 1. The average Bonchev–Trinajstić information content (AvgIpc) is 3.21. The Morgan fingerprint density at radius 1 is 1.21 bits per heavy atom. The van der Waals surface area contributed by atoms with E-state index in [9.17, 15) is 9.18 Å². The lowest BCUT2D eigenvalue weighted by Gasteiger charge is -2.04. The van der Waals surface area contributed by atoms with E-state index in [0.29, 0.717) is 41.3 Å². The number of methoxy groups -OCH3 is 1. The summed E-state index contributed by atoms with van der Waals surface area (Å²) in [5.41, 5.74) is 2.86. The van der Waals surface area contributed by atoms with E-state index in [0.717, 1.165) is 5.52 Å². The van der Waals surface area contributed by atoms with E-state index in [1.165, 1.54) is 18.2 Å². The highest BCUT2D eigenvalue weighted by Crippen LogP contribution is 2.25. The largest absolute Gasteiger partial charge is 0.423 e. The smallest absolute Gasteiger partial charge is 0.302 e. The van der Waals surface area contributed by atoms with E-state index < -0.39 is 0 Å². The van der Waals surface area contributed by atoms with Crippen LogP contribution >= 0.6 is 0 Å². The molecule has 4 rings (SSSR count). The summed E-state index contributed by atoms with van der Waals surface area (Å²) in [6.07, 6.45) is 0. The topological polar surface area (TPSA) is 94.2 Å². The summed E-state index contributed by atoms with van der Waals surface area (Å²) in [5.74, 6) is -0.0922. The number of imidazole rings is 1. The number of nitrogens with zero attached hydrogens (tertiary/aromatic N) is 3. The zero-order chi connectivity index (χ0) is 19.7. The van der Waals surface area contributed by atoms with Gasteiger partial charge in [0.15, 0.2) is 5.58 Å². The minimum Gasteiger partial charge on any atom is -0.423 e. The van der Waals surface area contributed by atoms with E-state index in [1.54, 1.807) is 19.2 Å². The molecule has 9 heteroatoms. The molecular formula is C19H18FN5O3. The first-order valence-electron chi connectivity index (χ1n) is 8.62. The number of amides is 1. The van der Waals surface area contributed by atoms with Crippen LogP contribution in [0.2, 0.25) is 0 Å². The third-order valence-corrected chi connectivity index (χ3v) is 4.30. The predicted molar refractivity (Wildman–Crippen MR) is 102 cm³/mol. The van der Waals surface area contributed by atoms with Crippen LogP contribution < -0.4 is 10.6 Å². The second-order valence-corrected chi connectivity index (χ2v) is 6.20. The monoisotopic (exact) mass is 383 g/mol. The minimum absolute atomic E-state index is 0.194. The van der Waals surface area contributed by atoms with E-state index in [-0.39, 0.29) is 17.7 Å². The fraction of sp³-hybridized carbons (Fsp3) is 0.211. The molecule has 0 bridgehead atoms. The fourth-order valence-electron chi connectivity index (χ4n) is 2.87. The lowest BCUT2D eigenvalue weighted by Crippen LogP contribution is -2.26. The number of fused-ring (bicyclic) bond motifs is 2. The summed E-state index contributed by atoms with van der Waals surface area (Å²) < 4.78 is 25.6. The van der Waals surface area contributed by atoms with Gasteiger partial charge in [-0.2, -0.15) is 4.98 Å². The summed E-state index contributed by atoms with van der Waals surface area (Å²) in [7, 11) is 3.41. The van der Waals surface area contributed by atoms with Crippen molar-refractivity contribution >= 4 is 40.0 Å². The highest BCUT2D eigenvalue weighted by molar-refractivity contribution is 5.97. The van der Waals surface area contributed by atoms with Crippen LogP contribution in [0.1, 0.15) is 10.4 Å². The Morgan fingerprint density at radius 3 is 2.89 bits per heavy atom. The summed E-state index contributed by atoms with van der Waals surface area (Å²) >= 11 is 0. The van der Waals surface area contributed by atoms with Crippen LogP contribution in [0, 0.1) is 5.82 Å². The summed E-state index contributed by atoms with van der Waals surface area (Å²) in [4.78, 5) is 20.9. The zero-order valence-corrected chi connectivity index (χ0v) is 15.3. The Balaban J connectivity index is 1.60. The molecule has 0 spiro atoms. The van der Waals surface area contributed by atoms with Gasteiger partial charge in [0.1, 0.15) is 11.3 Å². The van der Waals surface area contributed by atoms with Crippen molar-refractivity contribution < 1.29 is 18.3 Å². The first-order valence-corrected chi connectivity index (χ1v) is 8.62. The Bertz CT molecular complexity index is 1170. The number of anilines is 2. The average molecular weight is 383 g/mol. The molecule has 2 aromatic carbocycles. The Kier molecular flexibility index (Phi) is 4.66. The number of rotatable bonds is 6. The predicted octanol–water partition coefficient (Wildman–Crippen LogP) is 2.97. The number of ether oxygens (including phenoxy) is 1. The van der Waals surface area contributed by atoms with Crippen molar-refractivity contribution in [3.05, 3.63) is 47.8 Å². The molecule has 0 saturated heterocycles. The van der Waals surface area contributed by atoms with Crippen molar-refractivity contribution in [1.82, 2.24) is 19.9 Å². The molecule has 2 aromatic heterocycles. The maximum atomic E-state index is 13.3. The molecule has 0 aliphatic heterocycles. The van der Waals surface area contributed by atoms with Crippen LogP contribution in [-0.4, -0.2) is 40.7 Å². The molecule has 8 nitrogen and oxygen atoms in total. The van der Waals surface area contributed by atoms with E-state index in [2.05, 4.69) is 20.6 Å². The van der Waals surface area contributed by atoms with Crippen LogP contribution in [0.5, 0.6) is 0 Å². The molecule has 0 atom stereocenters. The first kappa shape index (κ1) is 17.9. The molecule has 0 aliphatic carbocycles. The molecule has 1 amide bonds. The number of aryl methyl sites for hydroxylation is 1. The van der Waals surface area contributed by atoms with Crippen LogP contribution in [0.25, 0.3) is 22.1 Å².